The minimum atomic E-state index is 0.0133. The molecule has 0 atom stereocenters. The maximum absolute atomic E-state index is 8.39. The molecule has 0 amide bonds. The number of rotatable bonds is 6. The molecule has 0 saturated carbocycles. The van der Waals surface area contributed by atoms with Crippen LogP contribution in [0.3, 0.4) is 0 Å². The molecular formula is C19H23Cl2N11S. The largest absolute Gasteiger partial charge is 0.382 e. The molecule has 7 N–H and O–H groups in total. The number of aryl methyl sites for hydroxylation is 1. The van der Waals surface area contributed by atoms with Crippen molar-refractivity contribution in [3.63, 3.8) is 0 Å². The van der Waals surface area contributed by atoms with Gasteiger partial charge in [-0.05, 0) is 13.0 Å². The first kappa shape index (κ1) is 26.0. The average Bonchev–Trinajstić information content (AvgIpc) is 3.20. The van der Waals surface area contributed by atoms with Crippen molar-refractivity contribution < 1.29 is 0 Å². The van der Waals surface area contributed by atoms with E-state index < -0.39 is 0 Å². The van der Waals surface area contributed by atoms with Crippen molar-refractivity contribution in [2.45, 2.75) is 12.7 Å². The van der Waals surface area contributed by atoms with Crippen LogP contribution in [0.2, 0.25) is 10.0 Å². The number of nitrogens with two attached hydrogens (primary N) is 2. The molecule has 0 aliphatic rings. The van der Waals surface area contributed by atoms with Crippen molar-refractivity contribution in [1.29, 1.82) is 5.26 Å². The maximum Gasteiger partial charge on any atom is 0.242 e. The molecular weight excluding hydrogens is 485 g/mol. The lowest BCUT2D eigenvalue weighted by atomic mass is 10.1. The number of hydrogen-bond acceptors (Lipinski definition) is 9. The van der Waals surface area contributed by atoms with Crippen LogP contribution in [-0.4, -0.2) is 50.5 Å². The Hall–Kier alpha value is -3.27. The van der Waals surface area contributed by atoms with Crippen molar-refractivity contribution in [2.75, 3.05) is 30.8 Å². The summed E-state index contributed by atoms with van der Waals surface area (Å²) in [6.07, 6.45) is 3.44. The molecule has 1 aromatic carbocycles. The molecule has 0 radical (unpaired) electrons. The van der Waals surface area contributed by atoms with Gasteiger partial charge in [-0.1, -0.05) is 35.3 Å². The predicted molar refractivity (Wildman–Crippen MR) is 134 cm³/mol. The molecule has 0 fully saturated rings. The molecule has 2 aromatic heterocycles. The lowest BCUT2D eigenvalue weighted by Crippen LogP contribution is -2.35. The van der Waals surface area contributed by atoms with Gasteiger partial charge in [0, 0.05) is 36.4 Å². The Balaban J connectivity index is 0.000000234. The van der Waals surface area contributed by atoms with Gasteiger partial charge in [-0.3, -0.25) is 0 Å². The van der Waals surface area contributed by atoms with Crippen molar-refractivity contribution in [3.8, 4) is 17.5 Å². The van der Waals surface area contributed by atoms with Crippen LogP contribution in [0.4, 0.5) is 11.8 Å². The first-order valence-electron chi connectivity index (χ1n) is 9.52. The van der Waals surface area contributed by atoms with E-state index in [4.69, 9.17) is 39.9 Å². The molecule has 14 heteroatoms. The number of thioether (sulfide) groups is 1. The second-order valence-corrected chi connectivity index (χ2v) is 8.16. The van der Waals surface area contributed by atoms with Crippen molar-refractivity contribution in [2.24, 2.45) is 4.99 Å². The third kappa shape index (κ3) is 7.98. The van der Waals surface area contributed by atoms with E-state index >= 15 is 0 Å². The summed E-state index contributed by atoms with van der Waals surface area (Å²) >= 11 is 13.7. The van der Waals surface area contributed by atoms with E-state index in [1.165, 1.54) is 0 Å². The number of aromatic nitrogens is 5. The van der Waals surface area contributed by atoms with Crippen LogP contribution >= 0.6 is 35.0 Å². The monoisotopic (exact) mass is 507 g/mol. The zero-order valence-corrected chi connectivity index (χ0v) is 20.3. The molecule has 11 nitrogen and oxygen atoms in total. The minimum absolute atomic E-state index is 0.0133. The highest BCUT2D eigenvalue weighted by Crippen LogP contribution is 2.34. The van der Waals surface area contributed by atoms with Crippen molar-refractivity contribution in [3.05, 3.63) is 46.0 Å². The SMILES string of the molecule is CN/C(=N/C#N)NCCSCc1nc[nH]c1C.Nc1nnc(-c2cccc(Cl)c2Cl)c(N)n1. The number of imidazole rings is 1. The molecule has 2 heterocycles. The van der Waals surface area contributed by atoms with Gasteiger partial charge in [0.1, 0.15) is 5.69 Å². The quantitative estimate of drug-likeness (QED) is 0.144. The third-order valence-electron chi connectivity index (χ3n) is 4.05. The van der Waals surface area contributed by atoms with E-state index in [0.29, 0.717) is 27.3 Å². The summed E-state index contributed by atoms with van der Waals surface area (Å²) < 4.78 is 0. The molecule has 0 unspecified atom stereocenters. The Morgan fingerprint density at radius 3 is 2.73 bits per heavy atom. The molecule has 0 spiro atoms. The highest BCUT2D eigenvalue weighted by molar-refractivity contribution is 7.98. The zero-order chi connectivity index (χ0) is 24.2. The van der Waals surface area contributed by atoms with Crippen LogP contribution in [0.5, 0.6) is 0 Å². The Labute approximate surface area is 205 Å². The highest BCUT2D eigenvalue weighted by atomic mass is 35.5. The standard InChI is InChI=1S/C10H16N6S.C9H7Cl2N5/c1-8-9(16-7-15-8)5-17-4-3-13-10(12-2)14-6-11;10-5-3-1-2-4(6(5)11)7-8(12)14-9(13)16-15-7/h7H,3-5H2,1-2H3,(H,15,16)(H2,12,13,14);1-3H,(H4,12,13,14,16). The maximum atomic E-state index is 8.39. The molecule has 0 aliphatic carbocycles. The lowest BCUT2D eigenvalue weighted by molar-refractivity contribution is 0.917. The topological polar surface area (TPSA) is 180 Å². The highest BCUT2D eigenvalue weighted by Gasteiger charge is 2.13. The molecule has 0 aliphatic heterocycles. The third-order valence-corrected chi connectivity index (χ3v) is 5.84. The second-order valence-electron chi connectivity index (χ2n) is 6.27. The number of halogens is 2. The lowest BCUT2D eigenvalue weighted by Gasteiger charge is -2.06. The number of H-pyrrole nitrogens is 1. The normalized spacial score (nSPS) is 10.7. The number of guanidine groups is 1. The fourth-order valence-corrected chi connectivity index (χ4v) is 3.67. The fraction of sp³-hybridized carbons (Fsp3) is 0.263. The van der Waals surface area contributed by atoms with Gasteiger partial charge in [-0.25, -0.2) is 4.98 Å². The summed E-state index contributed by atoms with van der Waals surface area (Å²) in [5.41, 5.74) is 14.2. The smallest absolute Gasteiger partial charge is 0.242 e. The molecule has 0 saturated heterocycles. The molecule has 3 rings (SSSR count). The first-order chi connectivity index (χ1) is 15.9. The minimum Gasteiger partial charge on any atom is -0.382 e. The van der Waals surface area contributed by atoms with Gasteiger partial charge in [0.05, 0.1) is 22.1 Å². The summed E-state index contributed by atoms with van der Waals surface area (Å²) in [6, 6.07) is 5.13. The Kier molecular flexibility index (Phi) is 10.5. The molecule has 174 valence electrons. The molecule has 3 aromatic rings. The van der Waals surface area contributed by atoms with Gasteiger partial charge in [0.2, 0.25) is 18.1 Å². The predicted octanol–water partition coefficient (Wildman–Crippen LogP) is 2.61. The number of hydrogen-bond donors (Lipinski definition) is 5. The number of anilines is 2. The number of nitriles is 1. The van der Waals surface area contributed by atoms with Gasteiger partial charge < -0.3 is 27.1 Å². The number of benzene rings is 1. The van der Waals surface area contributed by atoms with Crippen LogP contribution in [0.1, 0.15) is 11.4 Å². The van der Waals surface area contributed by atoms with Crippen LogP contribution in [0.25, 0.3) is 11.3 Å². The summed E-state index contributed by atoms with van der Waals surface area (Å²) in [7, 11) is 1.73. The Morgan fingerprint density at radius 1 is 1.30 bits per heavy atom. The van der Waals surface area contributed by atoms with Crippen molar-refractivity contribution >= 4 is 52.7 Å². The van der Waals surface area contributed by atoms with Gasteiger partial charge in [0.25, 0.3) is 0 Å². The fourth-order valence-electron chi connectivity index (χ4n) is 2.41. The number of nitrogens with zero attached hydrogens (tertiary/aromatic N) is 6. The Bertz CT molecular complexity index is 1130. The zero-order valence-electron chi connectivity index (χ0n) is 17.9. The van der Waals surface area contributed by atoms with Crippen molar-refractivity contribution in [1.82, 2.24) is 35.8 Å². The molecule has 0 bridgehead atoms. The van der Waals surface area contributed by atoms with Crippen LogP contribution in [-0.2, 0) is 5.75 Å². The van der Waals surface area contributed by atoms with Gasteiger partial charge in [-0.2, -0.15) is 22.0 Å². The number of aromatic amines is 1. The van der Waals surface area contributed by atoms with E-state index in [9.17, 15) is 0 Å². The first-order valence-corrected chi connectivity index (χ1v) is 11.4. The van der Waals surface area contributed by atoms with E-state index in [0.717, 1.165) is 29.4 Å². The van der Waals surface area contributed by atoms with Crippen LogP contribution in [0.15, 0.2) is 29.5 Å². The van der Waals surface area contributed by atoms with E-state index in [1.54, 1.807) is 49.5 Å². The van der Waals surface area contributed by atoms with Gasteiger partial charge in [0.15, 0.2) is 5.82 Å². The van der Waals surface area contributed by atoms with E-state index in [1.807, 2.05) is 6.92 Å². The van der Waals surface area contributed by atoms with Gasteiger partial charge in [-0.15, -0.1) is 15.2 Å². The second kappa shape index (κ2) is 13.3. The summed E-state index contributed by atoms with van der Waals surface area (Å²) in [5.74, 6) is 2.50. The summed E-state index contributed by atoms with van der Waals surface area (Å²) in [6.45, 7) is 2.77. The summed E-state index contributed by atoms with van der Waals surface area (Å²) in [5, 5.41) is 22.5. The average molecular weight is 508 g/mol. The van der Waals surface area contributed by atoms with Crippen LogP contribution < -0.4 is 22.1 Å². The van der Waals surface area contributed by atoms with E-state index in [2.05, 4.69) is 40.8 Å². The van der Waals surface area contributed by atoms with Crippen LogP contribution in [0, 0.1) is 18.4 Å². The summed E-state index contributed by atoms with van der Waals surface area (Å²) in [4.78, 5) is 14.6. The number of aliphatic imine (C=N–C) groups is 1. The van der Waals surface area contributed by atoms with Gasteiger partial charge >= 0.3 is 0 Å². The Morgan fingerprint density at radius 2 is 2.09 bits per heavy atom. The number of nitrogen functional groups attached to an aromatic ring is 2. The number of nitrogens with one attached hydrogen (secondary N) is 3. The molecule has 33 heavy (non-hydrogen) atoms. The van der Waals surface area contributed by atoms with E-state index in [-0.39, 0.29) is 11.8 Å².